The third kappa shape index (κ3) is 3.84. The number of ether oxygens (including phenoxy) is 3. The lowest BCUT2D eigenvalue weighted by atomic mass is 9.89. The fourth-order valence-electron chi connectivity index (χ4n) is 3.47. The van der Waals surface area contributed by atoms with E-state index in [0.29, 0.717) is 6.61 Å². The number of nitrogens with zero attached hydrogens (tertiary/aromatic N) is 1. The predicted octanol–water partition coefficient (Wildman–Crippen LogP) is 3.55. The molecule has 4 heteroatoms. The van der Waals surface area contributed by atoms with Gasteiger partial charge in [-0.25, -0.2) is 4.98 Å². The lowest BCUT2D eigenvalue weighted by Crippen LogP contribution is -2.37. The van der Waals surface area contributed by atoms with E-state index >= 15 is 0 Å². The lowest BCUT2D eigenvalue weighted by Gasteiger charge is -2.34. The summed E-state index contributed by atoms with van der Waals surface area (Å²) in [7, 11) is 3.50. The van der Waals surface area contributed by atoms with Gasteiger partial charge in [0.05, 0.1) is 6.10 Å². The van der Waals surface area contributed by atoms with E-state index in [2.05, 4.69) is 22.9 Å². The zero-order valence-electron chi connectivity index (χ0n) is 14.7. The van der Waals surface area contributed by atoms with E-state index in [0.717, 1.165) is 36.3 Å². The molecule has 4 nitrogen and oxygen atoms in total. The average Bonchev–Trinajstić information content (AvgIpc) is 3.10. The molecule has 1 aromatic heterocycles. The van der Waals surface area contributed by atoms with Gasteiger partial charge in [-0.05, 0) is 55.0 Å². The van der Waals surface area contributed by atoms with Crippen LogP contribution in [0.4, 0.5) is 0 Å². The van der Waals surface area contributed by atoms with Crippen LogP contribution in [0.15, 0.2) is 48.7 Å². The van der Waals surface area contributed by atoms with Crippen molar-refractivity contribution in [2.24, 2.45) is 0 Å². The van der Waals surface area contributed by atoms with Crippen LogP contribution in [0.1, 0.15) is 30.5 Å². The SMILES string of the molecule is CO[C@H]1CCC[C@@]1(OC)c1cccc(OCC#Cc2ccccn2)c1. The van der Waals surface area contributed by atoms with Crippen molar-refractivity contribution in [3.63, 3.8) is 0 Å². The molecule has 1 fully saturated rings. The molecular formula is C21H23NO3. The topological polar surface area (TPSA) is 40.6 Å². The van der Waals surface area contributed by atoms with E-state index in [-0.39, 0.29) is 6.10 Å². The van der Waals surface area contributed by atoms with Crippen molar-refractivity contribution >= 4 is 0 Å². The maximum atomic E-state index is 5.91. The highest BCUT2D eigenvalue weighted by atomic mass is 16.5. The molecule has 2 atom stereocenters. The molecule has 0 amide bonds. The predicted molar refractivity (Wildman–Crippen MR) is 96.4 cm³/mol. The molecule has 1 aliphatic carbocycles. The van der Waals surface area contributed by atoms with E-state index in [9.17, 15) is 0 Å². The maximum absolute atomic E-state index is 5.91. The van der Waals surface area contributed by atoms with E-state index in [1.54, 1.807) is 20.4 Å². The van der Waals surface area contributed by atoms with Crippen LogP contribution in [0.25, 0.3) is 0 Å². The van der Waals surface area contributed by atoms with Gasteiger partial charge in [0, 0.05) is 20.4 Å². The quantitative estimate of drug-likeness (QED) is 0.782. The van der Waals surface area contributed by atoms with Crippen LogP contribution >= 0.6 is 0 Å². The molecule has 25 heavy (non-hydrogen) atoms. The maximum Gasteiger partial charge on any atom is 0.149 e. The first kappa shape index (κ1) is 17.5. The minimum absolute atomic E-state index is 0.0664. The Balaban J connectivity index is 1.70. The Kier molecular flexibility index (Phi) is 5.70. The first-order valence-corrected chi connectivity index (χ1v) is 8.50. The van der Waals surface area contributed by atoms with E-state index in [4.69, 9.17) is 14.2 Å². The molecule has 3 rings (SSSR count). The summed E-state index contributed by atoms with van der Waals surface area (Å²) in [6, 6.07) is 13.7. The van der Waals surface area contributed by atoms with E-state index < -0.39 is 5.60 Å². The molecule has 0 N–H and O–H groups in total. The summed E-state index contributed by atoms with van der Waals surface area (Å²) in [5.41, 5.74) is 1.44. The summed E-state index contributed by atoms with van der Waals surface area (Å²) in [6.07, 6.45) is 4.84. The van der Waals surface area contributed by atoms with E-state index in [1.807, 2.05) is 36.4 Å². The fourth-order valence-corrected chi connectivity index (χ4v) is 3.47. The standard InChI is InChI=1S/C21H23NO3/c1-23-20-12-6-13-21(20,24-2)17-8-5-11-19(16-17)25-15-7-10-18-9-3-4-14-22-18/h3-5,8-9,11,14,16,20H,6,12-13,15H2,1-2H3/t20-,21+/m0/s1. The molecular weight excluding hydrogens is 314 g/mol. The van der Waals surface area contributed by atoms with Gasteiger partial charge in [0.2, 0.25) is 0 Å². The van der Waals surface area contributed by atoms with E-state index in [1.165, 1.54) is 0 Å². The number of aromatic nitrogens is 1. The summed E-state index contributed by atoms with van der Waals surface area (Å²) in [5.74, 6) is 6.76. The number of methoxy groups -OCH3 is 2. The zero-order valence-corrected chi connectivity index (χ0v) is 14.7. The molecule has 1 aliphatic rings. The van der Waals surface area contributed by atoms with Gasteiger partial charge in [-0.15, -0.1) is 0 Å². The van der Waals surface area contributed by atoms with Crippen molar-refractivity contribution in [1.29, 1.82) is 0 Å². The van der Waals surface area contributed by atoms with Crippen LogP contribution in [-0.2, 0) is 15.1 Å². The first-order chi connectivity index (χ1) is 12.3. The Hall–Kier alpha value is -2.35. The summed E-state index contributed by atoms with van der Waals surface area (Å²) in [4.78, 5) is 4.17. The molecule has 0 radical (unpaired) electrons. The van der Waals surface area contributed by atoms with Gasteiger partial charge in [-0.3, -0.25) is 0 Å². The summed E-state index contributed by atoms with van der Waals surface area (Å²) < 4.78 is 17.4. The Morgan fingerprint density at radius 3 is 2.88 bits per heavy atom. The number of hydrogen-bond acceptors (Lipinski definition) is 4. The van der Waals surface area contributed by atoms with Crippen molar-refractivity contribution in [2.75, 3.05) is 20.8 Å². The molecule has 0 spiro atoms. The molecule has 1 heterocycles. The third-order valence-corrected chi connectivity index (χ3v) is 4.70. The third-order valence-electron chi connectivity index (χ3n) is 4.70. The Labute approximate surface area is 149 Å². The molecule has 0 saturated heterocycles. The highest BCUT2D eigenvalue weighted by molar-refractivity contribution is 5.35. The lowest BCUT2D eigenvalue weighted by molar-refractivity contribution is -0.104. The zero-order chi connectivity index (χ0) is 17.5. The molecule has 1 saturated carbocycles. The summed E-state index contributed by atoms with van der Waals surface area (Å²) in [6.45, 7) is 0.313. The highest BCUT2D eigenvalue weighted by Gasteiger charge is 2.45. The van der Waals surface area contributed by atoms with Crippen LogP contribution in [0.5, 0.6) is 5.75 Å². The van der Waals surface area contributed by atoms with Crippen LogP contribution in [0, 0.1) is 11.8 Å². The second kappa shape index (κ2) is 8.15. The summed E-state index contributed by atoms with van der Waals surface area (Å²) >= 11 is 0. The highest BCUT2D eigenvalue weighted by Crippen LogP contribution is 2.44. The van der Waals surface area contributed by atoms with Gasteiger partial charge >= 0.3 is 0 Å². The molecule has 130 valence electrons. The normalized spacial score (nSPS) is 22.2. The van der Waals surface area contributed by atoms with Crippen molar-refractivity contribution in [2.45, 2.75) is 31.0 Å². The second-order valence-electron chi connectivity index (χ2n) is 6.04. The second-order valence-corrected chi connectivity index (χ2v) is 6.04. The minimum Gasteiger partial charge on any atom is -0.481 e. The monoisotopic (exact) mass is 337 g/mol. The summed E-state index contributed by atoms with van der Waals surface area (Å²) in [5, 5.41) is 0. The van der Waals surface area contributed by atoms with Gasteiger partial charge in [-0.1, -0.05) is 24.1 Å². The number of pyridine rings is 1. The molecule has 0 unspecified atom stereocenters. The van der Waals surface area contributed by atoms with Crippen LogP contribution in [0.3, 0.4) is 0 Å². The van der Waals surface area contributed by atoms with Crippen molar-refractivity contribution in [1.82, 2.24) is 4.98 Å². The minimum atomic E-state index is -0.395. The van der Waals surface area contributed by atoms with Crippen molar-refractivity contribution in [3.05, 3.63) is 59.9 Å². The number of hydrogen-bond donors (Lipinski definition) is 0. The Morgan fingerprint density at radius 1 is 1.20 bits per heavy atom. The van der Waals surface area contributed by atoms with Gasteiger partial charge in [0.15, 0.2) is 0 Å². The fraction of sp³-hybridized carbons (Fsp3) is 0.381. The molecule has 1 aromatic carbocycles. The molecule has 2 aromatic rings. The molecule has 0 bridgehead atoms. The Morgan fingerprint density at radius 2 is 2.12 bits per heavy atom. The van der Waals surface area contributed by atoms with Crippen molar-refractivity contribution in [3.8, 4) is 17.6 Å². The van der Waals surface area contributed by atoms with Gasteiger partial charge in [0.1, 0.15) is 23.7 Å². The molecule has 0 aliphatic heterocycles. The Bertz CT molecular complexity index is 750. The van der Waals surface area contributed by atoms with Crippen LogP contribution in [-0.4, -0.2) is 31.9 Å². The van der Waals surface area contributed by atoms with Crippen molar-refractivity contribution < 1.29 is 14.2 Å². The van der Waals surface area contributed by atoms with Gasteiger partial charge in [0.25, 0.3) is 0 Å². The average molecular weight is 337 g/mol. The van der Waals surface area contributed by atoms with Gasteiger partial charge < -0.3 is 14.2 Å². The number of rotatable bonds is 5. The van der Waals surface area contributed by atoms with Gasteiger partial charge in [-0.2, -0.15) is 0 Å². The van der Waals surface area contributed by atoms with Crippen LogP contribution < -0.4 is 4.74 Å². The largest absolute Gasteiger partial charge is 0.481 e. The number of benzene rings is 1. The smallest absolute Gasteiger partial charge is 0.149 e. The van der Waals surface area contributed by atoms with Crippen LogP contribution in [0.2, 0.25) is 0 Å². The first-order valence-electron chi connectivity index (χ1n) is 8.50.